The molecule has 0 aromatic heterocycles. The number of hydrogen-bond donors (Lipinski definition) is 2. The van der Waals surface area contributed by atoms with E-state index in [2.05, 4.69) is 48.5 Å². The maximum absolute atomic E-state index is 12.0. The van der Waals surface area contributed by atoms with E-state index in [9.17, 15) is 4.79 Å². The lowest BCUT2D eigenvalue weighted by atomic mass is 9.96. The molecule has 0 aliphatic heterocycles. The maximum Gasteiger partial charge on any atom is 0.239 e. The van der Waals surface area contributed by atoms with Gasteiger partial charge in [-0.3, -0.25) is 9.69 Å². The lowest BCUT2D eigenvalue weighted by molar-refractivity contribution is -0.126. The Morgan fingerprint density at radius 3 is 2.52 bits per heavy atom. The number of benzene rings is 1. The minimum atomic E-state index is -0.756. The predicted molar refractivity (Wildman–Crippen MR) is 99.7 cm³/mol. The summed E-state index contributed by atoms with van der Waals surface area (Å²) >= 11 is 0. The van der Waals surface area contributed by atoms with Gasteiger partial charge in [-0.1, -0.05) is 43.7 Å². The van der Waals surface area contributed by atoms with E-state index in [1.54, 1.807) is 6.92 Å². The van der Waals surface area contributed by atoms with Crippen LogP contribution in [0.5, 0.6) is 0 Å². The number of nitrogens with zero attached hydrogens (tertiary/aromatic N) is 1. The average Bonchev–Trinajstić information content (AvgIpc) is 2.47. The standard InChI is InChI=1S/C18H31N3O.ClH/c1-5-12-18(3,19)17(22)20-13-11-15(2)21(4)14-16-9-7-6-8-10-16;/h6-10,15H,5,11-14,19H2,1-4H3,(H,20,22);1H. The van der Waals surface area contributed by atoms with E-state index in [1.807, 2.05) is 13.0 Å². The van der Waals surface area contributed by atoms with Crippen molar-refractivity contribution in [2.24, 2.45) is 5.73 Å². The molecule has 0 aliphatic carbocycles. The van der Waals surface area contributed by atoms with Crippen LogP contribution < -0.4 is 11.1 Å². The van der Waals surface area contributed by atoms with Crippen LogP contribution in [0, 0.1) is 0 Å². The summed E-state index contributed by atoms with van der Waals surface area (Å²) in [6, 6.07) is 10.8. The zero-order valence-corrected chi connectivity index (χ0v) is 15.7. The van der Waals surface area contributed by atoms with Crippen LogP contribution in [0.1, 0.15) is 45.6 Å². The molecule has 132 valence electrons. The number of nitrogens with one attached hydrogen (secondary N) is 1. The van der Waals surface area contributed by atoms with Crippen molar-refractivity contribution in [1.82, 2.24) is 10.2 Å². The van der Waals surface area contributed by atoms with Crippen molar-refractivity contribution in [3.05, 3.63) is 35.9 Å². The van der Waals surface area contributed by atoms with Crippen LogP contribution in [0.4, 0.5) is 0 Å². The molecule has 0 radical (unpaired) electrons. The molecule has 0 aliphatic rings. The Bertz CT molecular complexity index is 451. The van der Waals surface area contributed by atoms with E-state index in [4.69, 9.17) is 5.73 Å². The largest absolute Gasteiger partial charge is 0.354 e. The highest BCUT2D eigenvalue weighted by molar-refractivity contribution is 5.85. The first kappa shape index (κ1) is 21.9. The van der Waals surface area contributed by atoms with E-state index in [1.165, 1.54) is 5.56 Å². The molecule has 2 atom stereocenters. The molecule has 3 N–H and O–H groups in total. The van der Waals surface area contributed by atoms with E-state index < -0.39 is 5.54 Å². The Labute approximate surface area is 147 Å². The van der Waals surface area contributed by atoms with Gasteiger partial charge in [0.1, 0.15) is 0 Å². The Balaban J connectivity index is 0.00000484. The first-order valence-electron chi connectivity index (χ1n) is 8.18. The third kappa shape index (κ3) is 7.82. The van der Waals surface area contributed by atoms with Crippen LogP contribution in [0.3, 0.4) is 0 Å². The molecule has 4 nitrogen and oxygen atoms in total. The van der Waals surface area contributed by atoms with Crippen LogP contribution in [-0.2, 0) is 11.3 Å². The molecule has 1 aromatic rings. The Kier molecular flexibility index (Phi) is 10.1. The van der Waals surface area contributed by atoms with Crippen molar-refractivity contribution < 1.29 is 4.79 Å². The number of carbonyl (C=O) groups excluding carboxylic acids is 1. The summed E-state index contributed by atoms with van der Waals surface area (Å²) in [7, 11) is 2.11. The highest BCUT2D eigenvalue weighted by atomic mass is 35.5. The number of hydrogen-bond acceptors (Lipinski definition) is 3. The molecule has 2 unspecified atom stereocenters. The lowest BCUT2D eigenvalue weighted by Gasteiger charge is -2.26. The summed E-state index contributed by atoms with van der Waals surface area (Å²) in [6.45, 7) is 7.61. The smallest absolute Gasteiger partial charge is 0.239 e. The van der Waals surface area contributed by atoms with Gasteiger partial charge in [0, 0.05) is 19.1 Å². The third-order valence-corrected chi connectivity index (χ3v) is 4.16. The fourth-order valence-corrected chi connectivity index (χ4v) is 2.48. The van der Waals surface area contributed by atoms with Gasteiger partial charge in [-0.05, 0) is 39.3 Å². The van der Waals surface area contributed by atoms with Crippen molar-refractivity contribution in [2.45, 2.75) is 58.2 Å². The number of carbonyl (C=O) groups is 1. The fourth-order valence-electron chi connectivity index (χ4n) is 2.48. The average molecular weight is 342 g/mol. The zero-order chi connectivity index (χ0) is 16.6. The molecule has 0 fully saturated rings. The summed E-state index contributed by atoms with van der Waals surface area (Å²) < 4.78 is 0. The number of amides is 1. The minimum absolute atomic E-state index is 0. The van der Waals surface area contributed by atoms with Crippen LogP contribution in [0.15, 0.2) is 30.3 Å². The van der Waals surface area contributed by atoms with Gasteiger partial charge >= 0.3 is 0 Å². The van der Waals surface area contributed by atoms with Crippen LogP contribution in [0.2, 0.25) is 0 Å². The second-order valence-corrected chi connectivity index (χ2v) is 6.46. The number of halogens is 1. The Morgan fingerprint density at radius 2 is 1.96 bits per heavy atom. The molecular formula is C18H32ClN3O. The summed E-state index contributed by atoms with van der Waals surface area (Å²) in [5.74, 6) is -0.0488. The van der Waals surface area contributed by atoms with Gasteiger partial charge in [0.15, 0.2) is 0 Å². The minimum Gasteiger partial charge on any atom is -0.354 e. The molecule has 0 saturated heterocycles. The number of nitrogens with two attached hydrogens (primary N) is 1. The topological polar surface area (TPSA) is 58.4 Å². The quantitative estimate of drug-likeness (QED) is 0.726. The van der Waals surface area contributed by atoms with Crippen LogP contribution in [-0.4, -0.2) is 36.0 Å². The van der Waals surface area contributed by atoms with E-state index in [0.29, 0.717) is 19.0 Å². The van der Waals surface area contributed by atoms with Gasteiger partial charge in [0.05, 0.1) is 5.54 Å². The second-order valence-electron chi connectivity index (χ2n) is 6.46. The molecule has 1 rings (SSSR count). The first-order valence-corrected chi connectivity index (χ1v) is 8.18. The third-order valence-electron chi connectivity index (χ3n) is 4.16. The summed E-state index contributed by atoms with van der Waals surface area (Å²) in [5, 5.41) is 2.97. The normalized spacial score (nSPS) is 14.7. The van der Waals surface area contributed by atoms with Crippen molar-refractivity contribution >= 4 is 18.3 Å². The van der Waals surface area contributed by atoms with Crippen LogP contribution >= 0.6 is 12.4 Å². The fraction of sp³-hybridized carbons (Fsp3) is 0.611. The summed E-state index contributed by atoms with van der Waals surface area (Å²) in [5.41, 5.74) is 6.58. The van der Waals surface area contributed by atoms with Gasteiger partial charge in [-0.2, -0.15) is 0 Å². The Hall–Kier alpha value is -1.10. The molecule has 23 heavy (non-hydrogen) atoms. The first-order chi connectivity index (χ1) is 10.4. The highest BCUT2D eigenvalue weighted by Crippen LogP contribution is 2.10. The van der Waals surface area contributed by atoms with Gasteiger partial charge in [0.25, 0.3) is 0 Å². The summed E-state index contributed by atoms with van der Waals surface area (Å²) in [6.07, 6.45) is 2.54. The molecule has 1 amide bonds. The van der Waals surface area contributed by atoms with Gasteiger partial charge in [-0.15, -0.1) is 12.4 Å². The molecule has 0 saturated carbocycles. The molecule has 0 heterocycles. The molecule has 0 spiro atoms. The van der Waals surface area contributed by atoms with Gasteiger partial charge in [-0.25, -0.2) is 0 Å². The molecule has 0 bridgehead atoms. The SMILES string of the molecule is CCCC(C)(N)C(=O)NCCC(C)N(C)Cc1ccccc1.Cl. The van der Waals surface area contributed by atoms with Gasteiger partial charge < -0.3 is 11.1 Å². The van der Waals surface area contributed by atoms with E-state index >= 15 is 0 Å². The van der Waals surface area contributed by atoms with Crippen LogP contribution in [0.25, 0.3) is 0 Å². The Morgan fingerprint density at radius 1 is 1.35 bits per heavy atom. The number of rotatable bonds is 9. The lowest BCUT2D eigenvalue weighted by Crippen LogP contribution is -2.52. The van der Waals surface area contributed by atoms with E-state index in [-0.39, 0.29) is 18.3 Å². The van der Waals surface area contributed by atoms with E-state index in [0.717, 1.165) is 19.4 Å². The van der Waals surface area contributed by atoms with Gasteiger partial charge in [0.2, 0.25) is 5.91 Å². The monoisotopic (exact) mass is 341 g/mol. The molecule has 1 aromatic carbocycles. The highest BCUT2D eigenvalue weighted by Gasteiger charge is 2.26. The van der Waals surface area contributed by atoms with Crippen molar-refractivity contribution in [3.63, 3.8) is 0 Å². The summed E-state index contributed by atoms with van der Waals surface area (Å²) in [4.78, 5) is 14.3. The van der Waals surface area contributed by atoms with Crippen molar-refractivity contribution in [2.75, 3.05) is 13.6 Å². The van der Waals surface area contributed by atoms with Crippen molar-refractivity contribution in [1.29, 1.82) is 0 Å². The second kappa shape index (κ2) is 10.6. The zero-order valence-electron chi connectivity index (χ0n) is 14.8. The maximum atomic E-state index is 12.0. The molecular weight excluding hydrogens is 310 g/mol. The predicted octanol–water partition coefficient (Wildman–Crippen LogP) is 2.95. The molecule has 5 heteroatoms. The van der Waals surface area contributed by atoms with Crippen molar-refractivity contribution in [3.8, 4) is 0 Å².